The Morgan fingerprint density at radius 2 is 2.00 bits per heavy atom. The summed E-state index contributed by atoms with van der Waals surface area (Å²) in [4.78, 5) is 27.2. The lowest BCUT2D eigenvalue weighted by Crippen LogP contribution is -2.18. The second-order valence-electron chi connectivity index (χ2n) is 4.61. The van der Waals surface area contributed by atoms with Crippen molar-refractivity contribution in [1.82, 2.24) is 9.55 Å². The average molecular weight is 279 g/mol. The summed E-state index contributed by atoms with van der Waals surface area (Å²) < 4.78 is 1.76. The van der Waals surface area contributed by atoms with E-state index in [2.05, 4.69) is 10.3 Å². The lowest BCUT2D eigenvalue weighted by atomic mass is 10.2. The number of hydrogen-bond acceptors (Lipinski definition) is 3. The maximum Gasteiger partial charge on any atom is 0.245 e. The number of carbonyl (C=O) groups excluding carboxylic acids is 2. The smallest absolute Gasteiger partial charge is 0.245 e. The predicted octanol–water partition coefficient (Wildman–Crippen LogP) is 2.49. The zero-order chi connectivity index (χ0) is 14.7. The molecule has 2 heterocycles. The molecule has 0 radical (unpaired) electrons. The van der Waals surface area contributed by atoms with Crippen LogP contribution in [0.5, 0.6) is 0 Å². The second-order valence-corrected chi connectivity index (χ2v) is 4.61. The number of nitrogens with zero attached hydrogens (tertiary/aromatic N) is 2. The van der Waals surface area contributed by atoms with Crippen LogP contribution >= 0.6 is 0 Å². The Labute approximate surface area is 121 Å². The SMILES string of the molecule is O=Cc1cn(CC(=O)Nc2ccccn2)c2ccccc12. The normalized spacial score (nSPS) is 10.5. The number of anilines is 1. The van der Waals surface area contributed by atoms with E-state index in [9.17, 15) is 9.59 Å². The minimum Gasteiger partial charge on any atom is -0.337 e. The summed E-state index contributed by atoms with van der Waals surface area (Å²) in [5, 5.41) is 3.57. The lowest BCUT2D eigenvalue weighted by Gasteiger charge is -2.06. The fraction of sp³-hybridized carbons (Fsp3) is 0.0625. The average Bonchev–Trinajstić information content (AvgIpc) is 2.86. The number of benzene rings is 1. The van der Waals surface area contributed by atoms with Crippen molar-refractivity contribution >= 4 is 28.9 Å². The molecule has 0 fully saturated rings. The molecule has 0 aliphatic heterocycles. The zero-order valence-electron chi connectivity index (χ0n) is 11.2. The highest BCUT2D eigenvalue weighted by Crippen LogP contribution is 2.19. The summed E-state index contributed by atoms with van der Waals surface area (Å²) in [6, 6.07) is 12.8. The van der Waals surface area contributed by atoms with Crippen LogP contribution in [-0.2, 0) is 11.3 Å². The van der Waals surface area contributed by atoms with Gasteiger partial charge in [0.15, 0.2) is 6.29 Å². The van der Waals surface area contributed by atoms with Crippen molar-refractivity contribution in [2.24, 2.45) is 0 Å². The molecule has 5 nitrogen and oxygen atoms in total. The van der Waals surface area contributed by atoms with E-state index in [1.165, 1.54) is 0 Å². The van der Waals surface area contributed by atoms with Gasteiger partial charge in [0, 0.05) is 28.9 Å². The molecule has 1 amide bonds. The van der Waals surface area contributed by atoms with E-state index in [0.717, 1.165) is 17.2 Å². The minimum atomic E-state index is -0.188. The van der Waals surface area contributed by atoms with E-state index >= 15 is 0 Å². The van der Waals surface area contributed by atoms with Crippen LogP contribution in [0.15, 0.2) is 54.9 Å². The molecule has 0 saturated heterocycles. The first kappa shape index (κ1) is 13.1. The minimum absolute atomic E-state index is 0.130. The highest BCUT2D eigenvalue weighted by atomic mass is 16.2. The van der Waals surface area contributed by atoms with Gasteiger partial charge in [0.2, 0.25) is 5.91 Å². The first-order valence-corrected chi connectivity index (χ1v) is 6.52. The molecular weight excluding hydrogens is 266 g/mol. The van der Waals surface area contributed by atoms with Crippen LogP contribution < -0.4 is 5.32 Å². The first-order chi connectivity index (χ1) is 10.3. The molecule has 0 aliphatic carbocycles. The number of pyridine rings is 1. The molecule has 2 aromatic heterocycles. The topological polar surface area (TPSA) is 64.0 Å². The Kier molecular flexibility index (Phi) is 3.47. The quantitative estimate of drug-likeness (QED) is 0.746. The number of fused-ring (bicyclic) bond motifs is 1. The third kappa shape index (κ3) is 2.67. The summed E-state index contributed by atoms with van der Waals surface area (Å²) in [5.74, 6) is 0.321. The summed E-state index contributed by atoms with van der Waals surface area (Å²) in [7, 11) is 0. The van der Waals surface area contributed by atoms with Gasteiger partial charge in [0.05, 0.1) is 0 Å². The number of nitrogens with one attached hydrogen (secondary N) is 1. The van der Waals surface area contributed by atoms with Crippen LogP contribution in [0.25, 0.3) is 10.9 Å². The van der Waals surface area contributed by atoms with Gasteiger partial charge in [0.25, 0.3) is 0 Å². The van der Waals surface area contributed by atoms with Gasteiger partial charge in [-0.3, -0.25) is 9.59 Å². The van der Waals surface area contributed by atoms with Gasteiger partial charge in [-0.1, -0.05) is 24.3 Å². The Morgan fingerprint density at radius 1 is 1.19 bits per heavy atom. The molecule has 21 heavy (non-hydrogen) atoms. The largest absolute Gasteiger partial charge is 0.337 e. The number of aromatic nitrogens is 2. The van der Waals surface area contributed by atoms with Crippen molar-refractivity contribution in [3.63, 3.8) is 0 Å². The van der Waals surface area contributed by atoms with Crippen molar-refractivity contribution in [2.75, 3.05) is 5.32 Å². The zero-order valence-corrected chi connectivity index (χ0v) is 11.2. The Morgan fingerprint density at radius 3 is 2.76 bits per heavy atom. The number of amides is 1. The molecule has 1 N–H and O–H groups in total. The third-order valence-electron chi connectivity index (χ3n) is 3.19. The highest BCUT2D eigenvalue weighted by molar-refractivity contribution is 5.98. The molecule has 1 aromatic carbocycles. The van der Waals surface area contributed by atoms with Gasteiger partial charge < -0.3 is 9.88 Å². The van der Waals surface area contributed by atoms with Gasteiger partial charge in [-0.05, 0) is 18.2 Å². The fourth-order valence-corrected chi connectivity index (χ4v) is 2.27. The Hall–Kier alpha value is -2.95. The molecule has 0 unspecified atom stereocenters. The van der Waals surface area contributed by atoms with Gasteiger partial charge in [-0.25, -0.2) is 4.98 Å². The number of hydrogen-bond donors (Lipinski definition) is 1. The predicted molar refractivity (Wildman–Crippen MR) is 80.2 cm³/mol. The summed E-state index contributed by atoms with van der Waals surface area (Å²) in [6.45, 7) is 0.130. The van der Waals surface area contributed by atoms with Gasteiger partial charge in [-0.15, -0.1) is 0 Å². The molecule has 0 saturated carbocycles. The van der Waals surface area contributed by atoms with Crippen molar-refractivity contribution in [2.45, 2.75) is 6.54 Å². The lowest BCUT2D eigenvalue weighted by molar-refractivity contribution is -0.116. The van der Waals surface area contributed by atoms with E-state index in [1.54, 1.807) is 35.2 Å². The Bertz CT molecular complexity index is 794. The maximum absolute atomic E-state index is 12.1. The maximum atomic E-state index is 12.1. The molecule has 3 rings (SSSR count). The van der Waals surface area contributed by atoms with Crippen LogP contribution in [-0.4, -0.2) is 21.7 Å². The van der Waals surface area contributed by atoms with Crippen LogP contribution in [0.3, 0.4) is 0 Å². The molecule has 3 aromatic rings. The van der Waals surface area contributed by atoms with E-state index in [4.69, 9.17) is 0 Å². The van der Waals surface area contributed by atoms with Crippen LogP contribution in [0.1, 0.15) is 10.4 Å². The van der Waals surface area contributed by atoms with E-state index in [1.807, 2.05) is 24.3 Å². The van der Waals surface area contributed by atoms with E-state index in [-0.39, 0.29) is 12.5 Å². The first-order valence-electron chi connectivity index (χ1n) is 6.52. The van der Waals surface area contributed by atoms with Crippen LogP contribution in [0, 0.1) is 0 Å². The second kappa shape index (κ2) is 5.58. The van der Waals surface area contributed by atoms with Crippen LogP contribution in [0.2, 0.25) is 0 Å². The monoisotopic (exact) mass is 279 g/mol. The van der Waals surface area contributed by atoms with E-state index in [0.29, 0.717) is 11.4 Å². The molecular formula is C16H13N3O2. The number of aldehydes is 1. The van der Waals surface area contributed by atoms with Crippen molar-refractivity contribution in [1.29, 1.82) is 0 Å². The molecule has 104 valence electrons. The molecule has 0 spiro atoms. The number of carbonyl (C=O) groups is 2. The van der Waals surface area contributed by atoms with Crippen molar-refractivity contribution in [3.8, 4) is 0 Å². The molecule has 5 heteroatoms. The summed E-state index contributed by atoms with van der Waals surface area (Å²) >= 11 is 0. The molecule has 0 atom stereocenters. The fourth-order valence-electron chi connectivity index (χ4n) is 2.27. The van der Waals surface area contributed by atoms with Crippen LogP contribution in [0.4, 0.5) is 5.82 Å². The summed E-state index contributed by atoms with van der Waals surface area (Å²) in [6.07, 6.45) is 4.11. The Balaban J connectivity index is 1.85. The molecule has 0 bridgehead atoms. The number of rotatable bonds is 4. The van der Waals surface area contributed by atoms with Gasteiger partial charge >= 0.3 is 0 Å². The van der Waals surface area contributed by atoms with E-state index < -0.39 is 0 Å². The third-order valence-corrected chi connectivity index (χ3v) is 3.19. The van der Waals surface area contributed by atoms with Crippen molar-refractivity contribution < 1.29 is 9.59 Å². The van der Waals surface area contributed by atoms with Gasteiger partial charge in [0.1, 0.15) is 12.4 Å². The van der Waals surface area contributed by atoms with Gasteiger partial charge in [-0.2, -0.15) is 0 Å². The molecule has 0 aliphatic rings. The van der Waals surface area contributed by atoms with Crippen molar-refractivity contribution in [3.05, 3.63) is 60.4 Å². The standard InChI is InChI=1S/C16H13N3O2/c20-11-12-9-19(14-6-2-1-5-13(12)14)10-16(21)18-15-7-3-4-8-17-15/h1-9,11H,10H2,(H,17,18,21). The number of para-hydroxylation sites is 1. The highest BCUT2D eigenvalue weighted by Gasteiger charge is 2.10. The summed E-state index contributed by atoms with van der Waals surface area (Å²) in [5.41, 5.74) is 1.44.